The van der Waals surface area contributed by atoms with Crippen LogP contribution in [0.5, 0.6) is 5.75 Å². The molecular weight excluding hydrogens is 360 g/mol. The van der Waals surface area contributed by atoms with Crippen molar-refractivity contribution in [1.82, 2.24) is 4.98 Å². The number of nitrogens with zero attached hydrogens (tertiary/aromatic N) is 2. The van der Waals surface area contributed by atoms with Crippen molar-refractivity contribution in [3.63, 3.8) is 0 Å². The second kappa shape index (κ2) is 9.62. The lowest BCUT2D eigenvalue weighted by molar-refractivity contribution is 0.0467. The van der Waals surface area contributed by atoms with Crippen molar-refractivity contribution in [2.24, 2.45) is 11.3 Å². The van der Waals surface area contributed by atoms with Crippen molar-refractivity contribution in [3.8, 4) is 5.75 Å². The first-order valence-corrected chi connectivity index (χ1v) is 10.9. The molecule has 3 rings (SSSR count). The summed E-state index contributed by atoms with van der Waals surface area (Å²) >= 11 is 0. The van der Waals surface area contributed by atoms with E-state index in [0.29, 0.717) is 18.1 Å². The Morgan fingerprint density at radius 1 is 1.07 bits per heavy atom. The third-order valence-electron chi connectivity index (χ3n) is 6.76. The van der Waals surface area contributed by atoms with Crippen LogP contribution in [0.3, 0.4) is 0 Å². The van der Waals surface area contributed by atoms with Gasteiger partial charge < -0.3 is 4.74 Å². The van der Waals surface area contributed by atoms with Crippen LogP contribution < -0.4 is 9.80 Å². The first-order valence-electron chi connectivity index (χ1n) is 10.9. The van der Waals surface area contributed by atoms with Gasteiger partial charge >= 0.3 is 0 Å². The number of methoxy groups -OCH3 is 1. The molecule has 0 aliphatic heterocycles. The summed E-state index contributed by atoms with van der Waals surface area (Å²) in [5.41, 5.74) is 3.45. The third kappa shape index (κ3) is 5.11. The zero-order valence-electron chi connectivity index (χ0n) is 18.6. The van der Waals surface area contributed by atoms with Crippen molar-refractivity contribution < 1.29 is 9.57 Å². The fraction of sp³-hybridized carbons (Fsp3) is 0.560. The van der Waals surface area contributed by atoms with Crippen LogP contribution in [0.15, 0.2) is 42.6 Å². The van der Waals surface area contributed by atoms with E-state index >= 15 is 0 Å². The van der Waals surface area contributed by atoms with E-state index in [9.17, 15) is 0 Å². The van der Waals surface area contributed by atoms with E-state index in [2.05, 4.69) is 55.1 Å². The molecule has 1 heterocycles. The molecule has 1 saturated carbocycles. The predicted molar refractivity (Wildman–Crippen MR) is 119 cm³/mol. The Kier molecular flexibility index (Phi) is 7.18. The summed E-state index contributed by atoms with van der Waals surface area (Å²) in [7, 11) is 1.71. The number of hydrogen-bond donors (Lipinski definition) is 0. The van der Waals surface area contributed by atoms with Gasteiger partial charge in [0, 0.05) is 6.20 Å². The highest BCUT2D eigenvalue weighted by atomic mass is 16.7. The number of benzene rings is 1. The normalized spacial score (nSPS) is 19.8. The maximum absolute atomic E-state index is 6.42. The standard InChI is InChI=1S/C25H36N2O2/c1-6-25(3,4)21-12-14-22(15-13-21)27(29-18-20-10-8-7-9-11-20)23-16-17-26-19(2)24(23)28-5/h7-11,16-17,21-22H,6,12-15,18H2,1-5H3/t21-,22+. The summed E-state index contributed by atoms with van der Waals surface area (Å²) in [5, 5.41) is 2.11. The topological polar surface area (TPSA) is 34.6 Å². The van der Waals surface area contributed by atoms with E-state index in [4.69, 9.17) is 9.57 Å². The number of hydrogen-bond acceptors (Lipinski definition) is 4. The van der Waals surface area contributed by atoms with E-state index < -0.39 is 0 Å². The number of aromatic nitrogens is 1. The van der Waals surface area contributed by atoms with Gasteiger partial charge in [-0.3, -0.25) is 9.82 Å². The van der Waals surface area contributed by atoms with Crippen molar-refractivity contribution in [2.75, 3.05) is 12.2 Å². The van der Waals surface area contributed by atoms with Crippen LogP contribution in [0.1, 0.15) is 64.1 Å². The molecule has 1 aliphatic rings. The van der Waals surface area contributed by atoms with E-state index in [1.54, 1.807) is 7.11 Å². The molecule has 0 spiro atoms. The van der Waals surface area contributed by atoms with E-state index in [-0.39, 0.29) is 0 Å². The van der Waals surface area contributed by atoms with Crippen LogP contribution in [0.2, 0.25) is 0 Å². The molecule has 1 aromatic heterocycles. The molecule has 1 aromatic carbocycles. The average molecular weight is 397 g/mol. The number of rotatable bonds is 8. The Morgan fingerprint density at radius 2 is 1.76 bits per heavy atom. The summed E-state index contributed by atoms with van der Waals surface area (Å²) in [4.78, 5) is 10.8. The van der Waals surface area contributed by atoms with Crippen molar-refractivity contribution in [2.45, 2.75) is 72.4 Å². The van der Waals surface area contributed by atoms with Gasteiger partial charge in [-0.25, -0.2) is 5.06 Å². The second-order valence-electron chi connectivity index (χ2n) is 8.88. The molecule has 0 atom stereocenters. The summed E-state index contributed by atoms with van der Waals surface area (Å²) in [6.07, 6.45) is 7.82. The quantitative estimate of drug-likeness (QED) is 0.488. The van der Waals surface area contributed by atoms with Gasteiger partial charge in [0.05, 0.1) is 25.5 Å². The van der Waals surface area contributed by atoms with Gasteiger partial charge in [-0.05, 0) is 55.6 Å². The van der Waals surface area contributed by atoms with E-state index in [1.807, 2.05) is 25.3 Å². The lowest BCUT2D eigenvalue weighted by Gasteiger charge is -2.42. The molecule has 1 fully saturated rings. The summed E-state index contributed by atoms with van der Waals surface area (Å²) < 4.78 is 5.71. The summed E-state index contributed by atoms with van der Waals surface area (Å²) in [6.45, 7) is 9.67. The molecule has 0 amide bonds. The van der Waals surface area contributed by atoms with Gasteiger partial charge in [0.25, 0.3) is 0 Å². The molecule has 0 saturated heterocycles. The van der Waals surface area contributed by atoms with Gasteiger partial charge in [-0.1, -0.05) is 57.5 Å². The number of aryl methyl sites for hydroxylation is 1. The lowest BCUT2D eigenvalue weighted by atomic mass is 9.69. The molecule has 4 nitrogen and oxygen atoms in total. The highest BCUT2D eigenvalue weighted by molar-refractivity contribution is 5.58. The summed E-state index contributed by atoms with van der Waals surface area (Å²) in [6, 6.07) is 12.7. The Balaban J connectivity index is 1.81. The Bertz CT molecular complexity index is 768. The Hall–Kier alpha value is -2.07. The first kappa shape index (κ1) is 21.6. The third-order valence-corrected chi connectivity index (χ3v) is 6.76. The van der Waals surface area contributed by atoms with Gasteiger partial charge in [-0.15, -0.1) is 0 Å². The number of anilines is 1. The van der Waals surface area contributed by atoms with Gasteiger partial charge in [0.1, 0.15) is 5.69 Å². The van der Waals surface area contributed by atoms with Crippen LogP contribution >= 0.6 is 0 Å². The van der Waals surface area contributed by atoms with Crippen molar-refractivity contribution in [1.29, 1.82) is 0 Å². The Labute approximate surface area is 176 Å². The molecule has 29 heavy (non-hydrogen) atoms. The fourth-order valence-corrected chi connectivity index (χ4v) is 4.44. The molecule has 0 N–H and O–H groups in total. The Morgan fingerprint density at radius 3 is 2.38 bits per heavy atom. The van der Waals surface area contributed by atoms with E-state index in [1.165, 1.54) is 24.8 Å². The van der Waals surface area contributed by atoms with Crippen molar-refractivity contribution >= 4 is 5.69 Å². The summed E-state index contributed by atoms with van der Waals surface area (Å²) in [5.74, 6) is 1.58. The van der Waals surface area contributed by atoms with Gasteiger partial charge in [-0.2, -0.15) is 0 Å². The smallest absolute Gasteiger partial charge is 0.165 e. The molecule has 4 heteroatoms. The van der Waals surface area contributed by atoms with Crippen LogP contribution in [-0.4, -0.2) is 18.1 Å². The highest BCUT2D eigenvalue weighted by Crippen LogP contribution is 2.43. The molecule has 1 aliphatic carbocycles. The number of ether oxygens (including phenoxy) is 1. The molecule has 0 radical (unpaired) electrons. The molecule has 0 unspecified atom stereocenters. The number of pyridine rings is 1. The minimum absolute atomic E-state index is 0.346. The maximum Gasteiger partial charge on any atom is 0.165 e. The first-order chi connectivity index (χ1) is 14.0. The fourth-order valence-electron chi connectivity index (χ4n) is 4.44. The van der Waals surface area contributed by atoms with Crippen LogP contribution in [0.25, 0.3) is 0 Å². The highest BCUT2D eigenvalue weighted by Gasteiger charge is 2.35. The van der Waals surface area contributed by atoms with Crippen LogP contribution in [0.4, 0.5) is 5.69 Å². The predicted octanol–water partition coefficient (Wildman–Crippen LogP) is 6.33. The van der Waals surface area contributed by atoms with Crippen LogP contribution in [-0.2, 0) is 11.4 Å². The molecule has 158 valence electrons. The van der Waals surface area contributed by atoms with Gasteiger partial charge in [0.15, 0.2) is 5.75 Å². The molecular formula is C25H36N2O2. The monoisotopic (exact) mass is 396 g/mol. The average Bonchev–Trinajstić information content (AvgIpc) is 2.75. The zero-order valence-corrected chi connectivity index (χ0v) is 18.6. The van der Waals surface area contributed by atoms with Crippen LogP contribution in [0, 0.1) is 18.3 Å². The van der Waals surface area contributed by atoms with E-state index in [0.717, 1.165) is 35.9 Å². The van der Waals surface area contributed by atoms with Gasteiger partial charge in [0.2, 0.25) is 0 Å². The minimum Gasteiger partial charge on any atom is -0.493 e. The lowest BCUT2D eigenvalue weighted by Crippen LogP contribution is -2.40. The number of hydroxylamine groups is 1. The largest absolute Gasteiger partial charge is 0.493 e. The minimum atomic E-state index is 0.346. The zero-order chi connectivity index (χ0) is 20.9. The molecule has 2 aromatic rings. The maximum atomic E-state index is 6.42. The van der Waals surface area contributed by atoms with Crippen molar-refractivity contribution in [3.05, 3.63) is 53.9 Å². The SMILES string of the molecule is CCC(C)(C)[C@H]1CC[C@@H](N(OCc2ccccc2)c2ccnc(C)c2OC)CC1. The second-order valence-corrected chi connectivity index (χ2v) is 8.88. The molecule has 0 bridgehead atoms.